The molecule has 45 heavy (non-hydrogen) atoms. The van der Waals surface area contributed by atoms with Gasteiger partial charge in [-0.1, -0.05) is 17.7 Å². The number of halogens is 1. The predicted molar refractivity (Wildman–Crippen MR) is 174 cm³/mol. The van der Waals surface area contributed by atoms with Crippen molar-refractivity contribution in [2.75, 3.05) is 50.0 Å². The maximum absolute atomic E-state index is 13.5. The summed E-state index contributed by atoms with van der Waals surface area (Å²) in [6.45, 7) is 2.01. The first-order valence-corrected chi connectivity index (χ1v) is 14.9. The summed E-state index contributed by atoms with van der Waals surface area (Å²) in [5, 5.41) is 6.22. The Labute approximate surface area is 265 Å². The van der Waals surface area contributed by atoms with Gasteiger partial charge in [-0.3, -0.25) is 14.4 Å². The number of carbonyl (C=O) groups is 2. The molecule has 4 aromatic rings. The van der Waals surface area contributed by atoms with Gasteiger partial charge in [-0.05, 0) is 66.9 Å². The SMILES string of the molecule is COc1ccc(C(=O)Nc2cc(C(=O)Nc3cc(Cl)c(OC)cc3OC)ccc2N2C[C@@H]3C[C@@H](C2)c2cccc(=O)n2C3)cc1. The van der Waals surface area contributed by atoms with Gasteiger partial charge in [0.2, 0.25) is 0 Å². The van der Waals surface area contributed by atoms with Gasteiger partial charge in [0.05, 0.1) is 43.4 Å². The van der Waals surface area contributed by atoms with Crippen molar-refractivity contribution in [3.63, 3.8) is 0 Å². The highest BCUT2D eigenvalue weighted by Crippen LogP contribution is 2.40. The number of piperidine rings is 1. The van der Waals surface area contributed by atoms with Crippen molar-refractivity contribution in [3.8, 4) is 17.2 Å². The Balaban J connectivity index is 1.33. The smallest absolute Gasteiger partial charge is 0.255 e. The standard InChI is InChI=1S/C34H33ClN4O6/c1-43-24-10-7-21(8-11-24)33(41)36-26-14-22(34(42)37-27-15-25(35)30(44-2)16-31(27)45-3)9-12-29(26)38-17-20-13-23(19-38)28-5-4-6-32(40)39(28)18-20/h4-12,14-16,20,23H,13,17-19H2,1-3H3,(H,36,41)(H,37,42)/t20-,23-/m0/s1. The number of benzene rings is 3. The number of carbonyl (C=O) groups excluding carboxylic acids is 2. The van der Waals surface area contributed by atoms with Gasteiger partial charge in [0.25, 0.3) is 17.4 Å². The molecular formula is C34H33ClN4O6. The molecule has 2 aliphatic heterocycles. The molecule has 3 heterocycles. The highest BCUT2D eigenvalue weighted by molar-refractivity contribution is 6.32. The summed E-state index contributed by atoms with van der Waals surface area (Å²) in [5.74, 6) is 1.12. The van der Waals surface area contributed by atoms with Gasteiger partial charge in [0.1, 0.15) is 17.2 Å². The van der Waals surface area contributed by atoms with Crippen LogP contribution in [0.15, 0.2) is 77.6 Å². The molecule has 2 N–H and O–H groups in total. The van der Waals surface area contributed by atoms with Crippen LogP contribution in [0.4, 0.5) is 17.1 Å². The van der Waals surface area contributed by atoms with E-state index in [9.17, 15) is 14.4 Å². The number of hydrogen-bond acceptors (Lipinski definition) is 7. The molecule has 2 amide bonds. The molecule has 0 radical (unpaired) electrons. The minimum Gasteiger partial charge on any atom is -0.497 e. The molecule has 1 aromatic heterocycles. The number of nitrogens with zero attached hydrogens (tertiary/aromatic N) is 2. The molecular weight excluding hydrogens is 596 g/mol. The number of amides is 2. The van der Waals surface area contributed by atoms with Crippen molar-refractivity contribution in [2.24, 2.45) is 5.92 Å². The lowest BCUT2D eigenvalue weighted by Gasteiger charge is -2.44. The minimum atomic E-state index is -0.412. The van der Waals surface area contributed by atoms with E-state index in [1.807, 2.05) is 22.8 Å². The van der Waals surface area contributed by atoms with Crippen molar-refractivity contribution in [1.29, 1.82) is 0 Å². The predicted octanol–water partition coefficient (Wildman–Crippen LogP) is 5.66. The Morgan fingerprint density at radius 2 is 1.49 bits per heavy atom. The van der Waals surface area contributed by atoms with Crippen LogP contribution in [-0.2, 0) is 6.54 Å². The van der Waals surface area contributed by atoms with Gasteiger partial charge in [0.15, 0.2) is 0 Å². The first kappa shape index (κ1) is 30.1. The van der Waals surface area contributed by atoms with E-state index in [0.717, 1.165) is 17.8 Å². The van der Waals surface area contributed by atoms with Crippen molar-refractivity contribution >= 4 is 40.5 Å². The van der Waals surface area contributed by atoms with Crippen molar-refractivity contribution in [2.45, 2.75) is 18.9 Å². The molecule has 1 saturated heterocycles. The first-order valence-electron chi connectivity index (χ1n) is 14.5. The van der Waals surface area contributed by atoms with Gasteiger partial charge >= 0.3 is 0 Å². The van der Waals surface area contributed by atoms with Crippen LogP contribution >= 0.6 is 11.6 Å². The van der Waals surface area contributed by atoms with E-state index in [0.29, 0.717) is 64.4 Å². The Bertz CT molecular complexity index is 1820. The lowest BCUT2D eigenvalue weighted by Crippen LogP contribution is -2.47. The number of pyridine rings is 1. The highest BCUT2D eigenvalue weighted by Gasteiger charge is 2.35. The van der Waals surface area contributed by atoms with E-state index in [4.69, 9.17) is 25.8 Å². The molecule has 1 fully saturated rings. The minimum absolute atomic E-state index is 0.0215. The second kappa shape index (κ2) is 12.6. The van der Waals surface area contributed by atoms with Crippen LogP contribution < -0.4 is 35.3 Å². The average molecular weight is 629 g/mol. The van der Waals surface area contributed by atoms with Crippen molar-refractivity contribution in [1.82, 2.24) is 4.57 Å². The largest absolute Gasteiger partial charge is 0.497 e. The maximum atomic E-state index is 13.5. The Kier molecular flexibility index (Phi) is 8.40. The Morgan fingerprint density at radius 1 is 0.778 bits per heavy atom. The quantitative estimate of drug-likeness (QED) is 0.259. The zero-order valence-corrected chi connectivity index (χ0v) is 25.9. The van der Waals surface area contributed by atoms with Crippen LogP contribution in [0.5, 0.6) is 17.2 Å². The molecule has 0 spiro atoms. The van der Waals surface area contributed by atoms with Crippen LogP contribution in [0.3, 0.4) is 0 Å². The molecule has 6 rings (SSSR count). The van der Waals surface area contributed by atoms with Gasteiger partial charge in [-0.2, -0.15) is 0 Å². The third-order valence-electron chi connectivity index (χ3n) is 8.40. The number of ether oxygens (including phenoxy) is 3. The van der Waals surface area contributed by atoms with E-state index in [1.165, 1.54) is 14.2 Å². The topological polar surface area (TPSA) is 111 Å². The average Bonchev–Trinajstić information content (AvgIpc) is 3.05. The molecule has 0 saturated carbocycles. The first-order chi connectivity index (χ1) is 21.8. The van der Waals surface area contributed by atoms with Gasteiger partial charge in [-0.25, -0.2) is 0 Å². The van der Waals surface area contributed by atoms with Crippen LogP contribution in [0.25, 0.3) is 0 Å². The molecule has 2 atom stereocenters. The Morgan fingerprint density at radius 3 is 2.22 bits per heavy atom. The molecule has 2 bridgehead atoms. The fourth-order valence-electron chi connectivity index (χ4n) is 6.24. The number of aromatic nitrogens is 1. The highest BCUT2D eigenvalue weighted by atomic mass is 35.5. The fourth-order valence-corrected chi connectivity index (χ4v) is 6.48. The van der Waals surface area contributed by atoms with E-state index in [1.54, 1.807) is 61.7 Å². The second-order valence-electron chi connectivity index (χ2n) is 11.2. The third kappa shape index (κ3) is 6.06. The molecule has 2 aliphatic rings. The summed E-state index contributed by atoms with van der Waals surface area (Å²) >= 11 is 6.32. The number of anilines is 3. The normalized spacial score (nSPS) is 16.8. The third-order valence-corrected chi connectivity index (χ3v) is 8.70. The van der Waals surface area contributed by atoms with E-state index in [2.05, 4.69) is 15.5 Å². The lowest BCUT2D eigenvalue weighted by molar-refractivity contribution is 0.101. The lowest BCUT2D eigenvalue weighted by atomic mass is 9.83. The maximum Gasteiger partial charge on any atom is 0.255 e. The number of nitrogens with one attached hydrogen (secondary N) is 2. The van der Waals surface area contributed by atoms with Gasteiger partial charge in [-0.15, -0.1) is 0 Å². The van der Waals surface area contributed by atoms with Crippen LogP contribution in [-0.4, -0.2) is 50.8 Å². The van der Waals surface area contributed by atoms with Crippen molar-refractivity contribution < 1.29 is 23.8 Å². The van der Waals surface area contributed by atoms with E-state index >= 15 is 0 Å². The van der Waals surface area contributed by atoms with Crippen LogP contribution in [0.1, 0.15) is 38.7 Å². The van der Waals surface area contributed by atoms with Crippen LogP contribution in [0, 0.1) is 5.92 Å². The molecule has 232 valence electrons. The zero-order valence-electron chi connectivity index (χ0n) is 25.1. The number of methoxy groups -OCH3 is 3. The summed E-state index contributed by atoms with van der Waals surface area (Å²) in [7, 11) is 4.55. The molecule has 3 aromatic carbocycles. The van der Waals surface area contributed by atoms with Crippen molar-refractivity contribution in [3.05, 3.63) is 105 Å². The van der Waals surface area contributed by atoms with E-state index < -0.39 is 5.91 Å². The summed E-state index contributed by atoms with van der Waals surface area (Å²) in [6.07, 6.45) is 0.986. The molecule has 10 nitrogen and oxygen atoms in total. The van der Waals surface area contributed by atoms with Gasteiger partial charge in [0, 0.05) is 54.5 Å². The number of hydrogen-bond donors (Lipinski definition) is 2. The fraction of sp³-hybridized carbons (Fsp3) is 0.265. The monoisotopic (exact) mass is 628 g/mol. The Hall–Kier alpha value is -4.96. The second-order valence-corrected chi connectivity index (χ2v) is 11.6. The van der Waals surface area contributed by atoms with Gasteiger partial charge < -0.3 is 34.3 Å². The molecule has 11 heteroatoms. The zero-order chi connectivity index (χ0) is 31.7. The summed E-state index contributed by atoms with van der Waals surface area (Å²) in [5.41, 5.74) is 3.47. The molecule has 0 unspecified atom stereocenters. The van der Waals surface area contributed by atoms with Crippen LogP contribution in [0.2, 0.25) is 5.02 Å². The summed E-state index contributed by atoms with van der Waals surface area (Å²) in [6, 6.07) is 20.7. The number of fused-ring (bicyclic) bond motifs is 4. The molecule has 0 aliphatic carbocycles. The van der Waals surface area contributed by atoms with E-state index in [-0.39, 0.29) is 23.3 Å². The summed E-state index contributed by atoms with van der Waals surface area (Å²) < 4.78 is 17.8. The number of rotatable bonds is 8. The summed E-state index contributed by atoms with van der Waals surface area (Å²) in [4.78, 5) is 41.8.